The van der Waals surface area contributed by atoms with Crippen LogP contribution in [0.2, 0.25) is 0 Å². The molecule has 1 N–H and O–H groups in total. The highest BCUT2D eigenvalue weighted by Crippen LogP contribution is 2.23. The van der Waals surface area contributed by atoms with Crippen molar-refractivity contribution in [3.8, 4) is 0 Å². The second-order valence-corrected chi connectivity index (χ2v) is 6.53. The number of nitrogens with one attached hydrogen (secondary N) is 1. The van der Waals surface area contributed by atoms with Crippen LogP contribution in [0.3, 0.4) is 0 Å². The van der Waals surface area contributed by atoms with Gasteiger partial charge in [-0.1, -0.05) is 35.5 Å². The number of oxime groups is 1. The number of hydrogen-bond donors (Lipinski definition) is 1. The predicted molar refractivity (Wildman–Crippen MR) is 110 cm³/mol. The lowest BCUT2D eigenvalue weighted by Gasteiger charge is -2.11. The van der Waals surface area contributed by atoms with E-state index < -0.39 is 18.0 Å². The summed E-state index contributed by atoms with van der Waals surface area (Å²) in [5.41, 5.74) is 1.33. The van der Waals surface area contributed by atoms with E-state index in [1.165, 1.54) is 6.07 Å². The highest BCUT2D eigenvalue weighted by atomic mass is 19.1. The zero-order chi connectivity index (χ0) is 21.9. The fourth-order valence-corrected chi connectivity index (χ4v) is 2.77. The lowest BCUT2D eigenvalue weighted by Crippen LogP contribution is -2.24. The molecular weight excluding hydrogens is 407 g/mol. The molecule has 0 saturated heterocycles. The molecule has 0 amide bonds. The van der Waals surface area contributed by atoms with Crippen LogP contribution in [0.25, 0.3) is 0 Å². The minimum absolute atomic E-state index is 0.124. The summed E-state index contributed by atoms with van der Waals surface area (Å²) >= 11 is 0. The Bertz CT molecular complexity index is 892. The van der Waals surface area contributed by atoms with Crippen molar-refractivity contribution < 1.29 is 33.0 Å². The molecule has 0 aliphatic carbocycles. The average Bonchev–Trinajstić information content (AvgIpc) is 3.28. The number of carbonyl (C=O) groups excluding carboxylic acids is 1. The maximum Gasteiger partial charge on any atom is 0.338 e. The van der Waals surface area contributed by atoms with E-state index in [-0.39, 0.29) is 13.2 Å². The first-order valence-corrected chi connectivity index (χ1v) is 9.86. The molecule has 166 valence electrons. The number of hydrogen-bond acceptors (Lipinski definition) is 8. The Morgan fingerprint density at radius 2 is 1.77 bits per heavy atom. The number of ether oxygens (including phenoxy) is 4. The quantitative estimate of drug-likeness (QED) is 0.408. The molecule has 9 heteroatoms. The van der Waals surface area contributed by atoms with Crippen LogP contribution in [-0.4, -0.2) is 58.6 Å². The maximum absolute atomic E-state index is 14.0. The normalized spacial score (nSPS) is 15.2. The van der Waals surface area contributed by atoms with Crippen molar-refractivity contribution in [2.45, 2.75) is 6.23 Å². The lowest BCUT2D eigenvalue weighted by atomic mass is 10.1. The number of halogens is 1. The Hall–Kier alpha value is -3.01. The first-order chi connectivity index (χ1) is 15.2. The number of carbonyl (C=O) groups is 1. The standard InChI is InChI=1S/C22H25FN2O6/c1-27-9-10-28-11-12-29-13-14-30-22(26)17-6-4-5-16(15-17)20-24-21(31-25-20)18-7-2-3-8-19(18)23/h2-8,15,21H,9-14H2,1H3,(H,24,25). The summed E-state index contributed by atoms with van der Waals surface area (Å²) in [5, 5.41) is 6.99. The topological polar surface area (TPSA) is 87.6 Å². The minimum atomic E-state index is -0.734. The number of nitrogens with zero attached hydrogens (tertiary/aromatic N) is 1. The van der Waals surface area contributed by atoms with Crippen LogP contribution >= 0.6 is 0 Å². The largest absolute Gasteiger partial charge is 0.460 e. The first kappa shape index (κ1) is 22.7. The van der Waals surface area contributed by atoms with E-state index in [0.717, 1.165) is 0 Å². The number of esters is 1. The number of benzene rings is 2. The molecule has 1 aliphatic rings. The monoisotopic (exact) mass is 432 g/mol. The van der Waals surface area contributed by atoms with Gasteiger partial charge in [-0.2, -0.15) is 0 Å². The molecule has 0 spiro atoms. The van der Waals surface area contributed by atoms with Gasteiger partial charge >= 0.3 is 5.97 Å². The summed E-state index contributed by atoms with van der Waals surface area (Å²) in [4.78, 5) is 17.6. The Balaban J connectivity index is 1.44. The van der Waals surface area contributed by atoms with Gasteiger partial charge < -0.3 is 29.1 Å². The van der Waals surface area contributed by atoms with E-state index in [4.69, 9.17) is 23.8 Å². The Kier molecular flexibility index (Phi) is 8.77. The molecule has 1 heterocycles. The summed E-state index contributed by atoms with van der Waals surface area (Å²) < 4.78 is 34.7. The van der Waals surface area contributed by atoms with Crippen molar-refractivity contribution in [1.82, 2.24) is 5.32 Å². The van der Waals surface area contributed by atoms with Gasteiger partial charge in [-0.25, -0.2) is 9.18 Å². The van der Waals surface area contributed by atoms with Gasteiger partial charge in [0, 0.05) is 12.7 Å². The van der Waals surface area contributed by atoms with Crippen molar-refractivity contribution in [2.75, 3.05) is 46.8 Å². The summed E-state index contributed by atoms with van der Waals surface area (Å²) in [7, 11) is 1.61. The Morgan fingerprint density at radius 3 is 2.55 bits per heavy atom. The fraction of sp³-hybridized carbons (Fsp3) is 0.364. The van der Waals surface area contributed by atoms with Crippen LogP contribution < -0.4 is 5.32 Å². The van der Waals surface area contributed by atoms with E-state index >= 15 is 0 Å². The highest BCUT2D eigenvalue weighted by molar-refractivity contribution is 6.01. The van der Waals surface area contributed by atoms with Crippen molar-refractivity contribution in [2.24, 2.45) is 5.16 Å². The Morgan fingerprint density at radius 1 is 1.03 bits per heavy atom. The van der Waals surface area contributed by atoms with Gasteiger partial charge in [-0.15, -0.1) is 0 Å². The first-order valence-electron chi connectivity index (χ1n) is 9.86. The molecule has 2 aromatic rings. The Labute approximate surface area is 179 Å². The van der Waals surface area contributed by atoms with Gasteiger partial charge in [-0.3, -0.25) is 0 Å². The zero-order valence-corrected chi connectivity index (χ0v) is 17.2. The third-order valence-corrected chi connectivity index (χ3v) is 4.34. The van der Waals surface area contributed by atoms with Gasteiger partial charge in [0.2, 0.25) is 6.23 Å². The fourth-order valence-electron chi connectivity index (χ4n) is 2.77. The van der Waals surface area contributed by atoms with Gasteiger partial charge in [-0.05, 0) is 18.2 Å². The minimum Gasteiger partial charge on any atom is -0.460 e. The summed E-state index contributed by atoms with van der Waals surface area (Å²) in [6.07, 6.45) is -0.734. The van der Waals surface area contributed by atoms with Crippen LogP contribution in [0.4, 0.5) is 4.39 Å². The molecule has 0 radical (unpaired) electrons. The number of amidine groups is 1. The number of methoxy groups -OCH3 is 1. The molecule has 0 bridgehead atoms. The van der Waals surface area contributed by atoms with Crippen molar-refractivity contribution in [3.63, 3.8) is 0 Å². The third-order valence-electron chi connectivity index (χ3n) is 4.34. The predicted octanol–water partition coefficient (Wildman–Crippen LogP) is 2.64. The SMILES string of the molecule is COCCOCCOCCOC(=O)c1cccc(C2=NOC(c3ccccc3F)N2)c1. The summed E-state index contributed by atoms with van der Waals surface area (Å²) in [6, 6.07) is 13.0. The molecule has 1 atom stereocenters. The van der Waals surface area contributed by atoms with E-state index in [2.05, 4.69) is 10.5 Å². The van der Waals surface area contributed by atoms with E-state index in [0.29, 0.717) is 49.0 Å². The molecule has 31 heavy (non-hydrogen) atoms. The van der Waals surface area contributed by atoms with Gasteiger partial charge in [0.15, 0.2) is 5.84 Å². The molecule has 0 saturated carbocycles. The second kappa shape index (κ2) is 12.0. The van der Waals surface area contributed by atoms with E-state index in [1.807, 2.05) is 0 Å². The molecule has 1 unspecified atom stereocenters. The number of rotatable bonds is 12. The van der Waals surface area contributed by atoms with Crippen molar-refractivity contribution in [3.05, 3.63) is 71.0 Å². The van der Waals surface area contributed by atoms with E-state index in [1.54, 1.807) is 49.6 Å². The smallest absolute Gasteiger partial charge is 0.338 e. The van der Waals surface area contributed by atoms with Gasteiger partial charge in [0.1, 0.15) is 12.4 Å². The maximum atomic E-state index is 14.0. The summed E-state index contributed by atoms with van der Waals surface area (Å²) in [6.45, 7) is 2.30. The molecule has 1 aliphatic heterocycles. The molecule has 8 nitrogen and oxygen atoms in total. The van der Waals surface area contributed by atoms with Crippen LogP contribution in [-0.2, 0) is 23.8 Å². The van der Waals surface area contributed by atoms with Crippen molar-refractivity contribution >= 4 is 11.8 Å². The molecule has 0 aromatic heterocycles. The summed E-state index contributed by atoms with van der Waals surface area (Å²) in [5.74, 6) is -0.468. The van der Waals surface area contributed by atoms with Crippen LogP contribution in [0.15, 0.2) is 53.7 Å². The molecule has 3 rings (SSSR count). The molecule has 2 aromatic carbocycles. The lowest BCUT2D eigenvalue weighted by molar-refractivity contribution is 0.00570. The van der Waals surface area contributed by atoms with Gasteiger partial charge in [0.05, 0.1) is 44.2 Å². The highest BCUT2D eigenvalue weighted by Gasteiger charge is 2.25. The average molecular weight is 432 g/mol. The van der Waals surface area contributed by atoms with Crippen LogP contribution in [0, 0.1) is 5.82 Å². The van der Waals surface area contributed by atoms with Crippen LogP contribution in [0.5, 0.6) is 0 Å². The van der Waals surface area contributed by atoms with Crippen molar-refractivity contribution in [1.29, 1.82) is 0 Å². The molecular formula is C22H25FN2O6. The van der Waals surface area contributed by atoms with Crippen LogP contribution in [0.1, 0.15) is 27.7 Å². The van der Waals surface area contributed by atoms with Gasteiger partial charge in [0.25, 0.3) is 0 Å². The zero-order valence-electron chi connectivity index (χ0n) is 17.2. The van der Waals surface area contributed by atoms with E-state index in [9.17, 15) is 9.18 Å². The second-order valence-electron chi connectivity index (χ2n) is 6.53. The third kappa shape index (κ3) is 6.74. The molecule has 0 fully saturated rings.